The lowest BCUT2D eigenvalue weighted by Crippen LogP contribution is -2.07. The molecule has 0 bridgehead atoms. The number of aromatic carboxylic acids is 1. The van der Waals surface area contributed by atoms with E-state index in [1.165, 1.54) is 17.0 Å². The molecule has 0 radical (unpaired) electrons. The van der Waals surface area contributed by atoms with Gasteiger partial charge in [-0.2, -0.15) is 0 Å². The minimum atomic E-state index is -1.26. The van der Waals surface area contributed by atoms with Crippen LogP contribution in [-0.4, -0.2) is 30.5 Å². The molecule has 2 aromatic heterocycles. The molecule has 2 aromatic rings. The number of carboxylic acids is 1. The first-order valence-electron chi connectivity index (χ1n) is 4.88. The van der Waals surface area contributed by atoms with E-state index >= 15 is 0 Å². The molecule has 8 nitrogen and oxygen atoms in total. The van der Waals surface area contributed by atoms with E-state index in [9.17, 15) is 14.9 Å². The third kappa shape index (κ3) is 1.90. The SMILES string of the molecule is Cc1nccn1-c1ncc(C(=O)O)cc1[N+](=O)[O-]. The Morgan fingerprint density at radius 1 is 1.50 bits per heavy atom. The van der Waals surface area contributed by atoms with Crippen molar-refractivity contribution in [1.82, 2.24) is 14.5 Å². The van der Waals surface area contributed by atoms with Gasteiger partial charge in [-0.15, -0.1) is 0 Å². The molecule has 0 aliphatic rings. The summed E-state index contributed by atoms with van der Waals surface area (Å²) in [7, 11) is 0. The molecule has 8 heteroatoms. The predicted octanol–water partition coefficient (Wildman–Crippen LogP) is 1.18. The summed E-state index contributed by atoms with van der Waals surface area (Å²) in [6.07, 6.45) is 4.07. The topological polar surface area (TPSA) is 111 Å². The quantitative estimate of drug-likeness (QED) is 0.644. The fourth-order valence-corrected chi connectivity index (χ4v) is 1.48. The molecule has 2 rings (SSSR count). The average Bonchev–Trinajstić information content (AvgIpc) is 2.74. The maximum atomic E-state index is 10.9. The van der Waals surface area contributed by atoms with Crippen molar-refractivity contribution < 1.29 is 14.8 Å². The van der Waals surface area contributed by atoms with Crippen LogP contribution in [0, 0.1) is 17.0 Å². The molecule has 0 spiro atoms. The van der Waals surface area contributed by atoms with Crippen LogP contribution in [0.4, 0.5) is 5.69 Å². The van der Waals surface area contributed by atoms with Gasteiger partial charge in [-0.3, -0.25) is 14.7 Å². The fourth-order valence-electron chi connectivity index (χ4n) is 1.48. The third-order valence-electron chi connectivity index (χ3n) is 2.34. The first-order valence-corrected chi connectivity index (χ1v) is 4.88. The molecular weight excluding hydrogens is 240 g/mol. The van der Waals surface area contributed by atoms with Crippen LogP contribution in [0.25, 0.3) is 5.82 Å². The van der Waals surface area contributed by atoms with Gasteiger partial charge >= 0.3 is 11.7 Å². The molecule has 18 heavy (non-hydrogen) atoms. The molecule has 1 N–H and O–H groups in total. The van der Waals surface area contributed by atoms with Gasteiger partial charge in [-0.05, 0) is 6.92 Å². The van der Waals surface area contributed by atoms with Gasteiger partial charge in [0, 0.05) is 24.7 Å². The summed E-state index contributed by atoms with van der Waals surface area (Å²) < 4.78 is 1.42. The molecule has 0 aliphatic carbocycles. The summed E-state index contributed by atoms with van der Waals surface area (Å²) in [5.74, 6) is -0.701. The Morgan fingerprint density at radius 2 is 2.22 bits per heavy atom. The molecule has 0 saturated heterocycles. The maximum Gasteiger partial charge on any atom is 0.337 e. The van der Waals surface area contributed by atoms with Gasteiger partial charge in [-0.25, -0.2) is 14.8 Å². The summed E-state index contributed by atoms with van der Waals surface area (Å²) in [6.45, 7) is 1.66. The highest BCUT2D eigenvalue weighted by molar-refractivity contribution is 5.88. The molecule has 0 fully saturated rings. The second kappa shape index (κ2) is 4.24. The van der Waals surface area contributed by atoms with Gasteiger partial charge in [0.25, 0.3) is 0 Å². The fraction of sp³-hybridized carbons (Fsp3) is 0.100. The van der Waals surface area contributed by atoms with Crippen LogP contribution in [0.1, 0.15) is 16.2 Å². The number of hydrogen-bond donors (Lipinski definition) is 1. The molecule has 0 saturated carbocycles. The lowest BCUT2D eigenvalue weighted by atomic mass is 10.2. The van der Waals surface area contributed by atoms with E-state index in [1.54, 1.807) is 6.92 Å². The van der Waals surface area contributed by atoms with Crippen LogP contribution in [-0.2, 0) is 0 Å². The van der Waals surface area contributed by atoms with Gasteiger partial charge in [0.1, 0.15) is 5.82 Å². The van der Waals surface area contributed by atoms with Crippen molar-refractivity contribution in [3.8, 4) is 5.82 Å². The van der Waals surface area contributed by atoms with Gasteiger partial charge in [0.05, 0.1) is 10.5 Å². The number of nitro groups is 1. The summed E-state index contributed by atoms with van der Waals surface area (Å²) >= 11 is 0. The van der Waals surface area contributed by atoms with E-state index in [4.69, 9.17) is 5.11 Å². The van der Waals surface area contributed by atoms with Crippen LogP contribution >= 0.6 is 0 Å². The second-order valence-corrected chi connectivity index (χ2v) is 3.47. The lowest BCUT2D eigenvalue weighted by Gasteiger charge is -2.05. The van der Waals surface area contributed by atoms with Crippen LogP contribution in [0.15, 0.2) is 24.7 Å². The summed E-state index contributed by atoms with van der Waals surface area (Å²) in [5, 5.41) is 19.7. The zero-order chi connectivity index (χ0) is 13.3. The number of carboxylic acid groups (broad SMARTS) is 1. The zero-order valence-corrected chi connectivity index (χ0v) is 9.27. The number of imidazole rings is 1. The van der Waals surface area contributed by atoms with E-state index in [0.717, 1.165) is 12.3 Å². The highest BCUT2D eigenvalue weighted by atomic mass is 16.6. The minimum absolute atomic E-state index is 0.0417. The first-order chi connectivity index (χ1) is 8.50. The van der Waals surface area contributed by atoms with Crippen molar-refractivity contribution in [2.45, 2.75) is 6.92 Å². The van der Waals surface area contributed by atoms with Crippen LogP contribution in [0.2, 0.25) is 0 Å². The van der Waals surface area contributed by atoms with E-state index < -0.39 is 10.9 Å². The standard InChI is InChI=1S/C10H8N4O4/c1-6-11-2-3-13(6)9-8(14(17)18)4-7(5-12-9)10(15)16/h2-5H,1H3,(H,15,16). The van der Waals surface area contributed by atoms with E-state index in [-0.39, 0.29) is 17.1 Å². The number of carbonyl (C=O) groups is 1. The predicted molar refractivity (Wildman–Crippen MR) is 59.7 cm³/mol. The molecule has 92 valence electrons. The van der Waals surface area contributed by atoms with Crippen LogP contribution < -0.4 is 0 Å². The first kappa shape index (κ1) is 11.7. The minimum Gasteiger partial charge on any atom is -0.478 e. The molecule has 0 aromatic carbocycles. The average molecular weight is 248 g/mol. The Bertz CT molecular complexity index is 635. The van der Waals surface area contributed by atoms with Crippen molar-refractivity contribution in [3.63, 3.8) is 0 Å². The summed E-state index contributed by atoms with van der Waals surface area (Å²) in [5.41, 5.74) is -0.612. The van der Waals surface area contributed by atoms with Gasteiger partial charge in [0.2, 0.25) is 5.82 Å². The van der Waals surface area contributed by atoms with Crippen molar-refractivity contribution in [3.05, 3.63) is 46.2 Å². The van der Waals surface area contributed by atoms with Crippen molar-refractivity contribution in [2.24, 2.45) is 0 Å². The number of rotatable bonds is 3. The highest BCUT2D eigenvalue weighted by Crippen LogP contribution is 2.22. The van der Waals surface area contributed by atoms with Crippen molar-refractivity contribution in [2.75, 3.05) is 0 Å². The van der Waals surface area contributed by atoms with Crippen LogP contribution in [0.3, 0.4) is 0 Å². The Morgan fingerprint density at radius 3 is 2.72 bits per heavy atom. The monoisotopic (exact) mass is 248 g/mol. The van der Waals surface area contributed by atoms with Crippen molar-refractivity contribution in [1.29, 1.82) is 0 Å². The molecule has 0 aliphatic heterocycles. The number of aryl methyl sites for hydroxylation is 1. The zero-order valence-electron chi connectivity index (χ0n) is 9.27. The molecule has 0 unspecified atom stereocenters. The molecule has 2 heterocycles. The smallest absolute Gasteiger partial charge is 0.337 e. The van der Waals surface area contributed by atoms with E-state index in [1.807, 2.05) is 0 Å². The Balaban J connectivity index is 2.65. The van der Waals surface area contributed by atoms with Gasteiger partial charge in [0.15, 0.2) is 0 Å². The van der Waals surface area contributed by atoms with Crippen molar-refractivity contribution >= 4 is 11.7 Å². The maximum absolute atomic E-state index is 10.9. The molecule has 0 atom stereocenters. The number of hydrogen-bond acceptors (Lipinski definition) is 5. The van der Waals surface area contributed by atoms with E-state index in [0.29, 0.717) is 5.82 Å². The lowest BCUT2D eigenvalue weighted by molar-refractivity contribution is -0.384. The summed E-state index contributed by atoms with van der Waals surface area (Å²) in [4.78, 5) is 28.8. The number of nitrogens with zero attached hydrogens (tertiary/aromatic N) is 4. The Kier molecular flexibility index (Phi) is 2.76. The third-order valence-corrected chi connectivity index (χ3v) is 2.34. The largest absolute Gasteiger partial charge is 0.478 e. The normalized spacial score (nSPS) is 10.3. The van der Waals surface area contributed by atoms with Gasteiger partial charge < -0.3 is 5.11 Å². The molecular formula is C10H8N4O4. The van der Waals surface area contributed by atoms with Gasteiger partial charge in [-0.1, -0.05) is 0 Å². The summed E-state index contributed by atoms with van der Waals surface area (Å²) in [6, 6.07) is 0.976. The van der Waals surface area contributed by atoms with E-state index in [2.05, 4.69) is 9.97 Å². The number of aromatic nitrogens is 3. The Labute approximate surface area is 101 Å². The second-order valence-electron chi connectivity index (χ2n) is 3.47. The highest BCUT2D eigenvalue weighted by Gasteiger charge is 2.20. The Hall–Kier alpha value is -2.77. The van der Waals surface area contributed by atoms with Crippen LogP contribution in [0.5, 0.6) is 0 Å². The molecule has 0 amide bonds. The number of pyridine rings is 1.